The van der Waals surface area contributed by atoms with Gasteiger partial charge in [0.15, 0.2) is 16.6 Å². The number of thiocarbonyl (C=S) groups is 1. The SMILES string of the molecule is CCOc1ccc(C(=O)NNC(=S)NCCc2ccc(Cl)cc2)cc1OC. The highest BCUT2D eigenvalue weighted by atomic mass is 35.5. The average molecular weight is 408 g/mol. The van der Waals surface area contributed by atoms with Crippen molar-refractivity contribution in [2.24, 2.45) is 0 Å². The van der Waals surface area contributed by atoms with Crippen LogP contribution in [0.1, 0.15) is 22.8 Å². The van der Waals surface area contributed by atoms with Crippen LogP contribution in [0.25, 0.3) is 0 Å². The zero-order valence-corrected chi connectivity index (χ0v) is 16.7. The van der Waals surface area contributed by atoms with Gasteiger partial charge >= 0.3 is 0 Å². The molecule has 2 aromatic carbocycles. The van der Waals surface area contributed by atoms with Crippen molar-refractivity contribution in [3.05, 3.63) is 58.6 Å². The number of hydrogen-bond acceptors (Lipinski definition) is 4. The number of nitrogens with one attached hydrogen (secondary N) is 3. The largest absolute Gasteiger partial charge is 0.493 e. The van der Waals surface area contributed by atoms with E-state index in [1.54, 1.807) is 18.2 Å². The summed E-state index contributed by atoms with van der Waals surface area (Å²) in [6, 6.07) is 12.6. The number of halogens is 1. The summed E-state index contributed by atoms with van der Waals surface area (Å²) in [6.45, 7) is 3.02. The summed E-state index contributed by atoms with van der Waals surface area (Å²) in [5.74, 6) is 0.746. The zero-order valence-electron chi connectivity index (χ0n) is 15.2. The Kier molecular flexibility index (Phi) is 8.16. The van der Waals surface area contributed by atoms with Crippen molar-refractivity contribution in [3.63, 3.8) is 0 Å². The molecule has 3 N–H and O–H groups in total. The number of carbonyl (C=O) groups is 1. The van der Waals surface area contributed by atoms with Gasteiger partial charge in [0, 0.05) is 17.1 Å². The van der Waals surface area contributed by atoms with Gasteiger partial charge in [-0.15, -0.1) is 0 Å². The van der Waals surface area contributed by atoms with E-state index in [1.165, 1.54) is 7.11 Å². The fourth-order valence-electron chi connectivity index (χ4n) is 2.28. The van der Waals surface area contributed by atoms with Crippen molar-refractivity contribution in [2.75, 3.05) is 20.3 Å². The second kappa shape index (κ2) is 10.6. The number of methoxy groups -OCH3 is 1. The number of carbonyl (C=O) groups excluding carboxylic acids is 1. The van der Waals surface area contributed by atoms with E-state index in [-0.39, 0.29) is 5.91 Å². The molecule has 0 radical (unpaired) electrons. The zero-order chi connectivity index (χ0) is 19.6. The number of ether oxygens (including phenoxy) is 2. The Morgan fingerprint density at radius 3 is 2.52 bits per heavy atom. The molecule has 1 amide bonds. The molecule has 6 nitrogen and oxygen atoms in total. The van der Waals surface area contributed by atoms with Crippen LogP contribution in [0.5, 0.6) is 11.5 Å². The molecule has 0 atom stereocenters. The van der Waals surface area contributed by atoms with Crippen LogP contribution in [-0.2, 0) is 6.42 Å². The molecule has 0 fully saturated rings. The quantitative estimate of drug-likeness (QED) is 0.484. The number of benzene rings is 2. The summed E-state index contributed by atoms with van der Waals surface area (Å²) in [5, 5.41) is 4.06. The van der Waals surface area contributed by atoms with E-state index >= 15 is 0 Å². The van der Waals surface area contributed by atoms with Crippen molar-refractivity contribution in [1.29, 1.82) is 0 Å². The first-order valence-electron chi connectivity index (χ1n) is 8.43. The van der Waals surface area contributed by atoms with Crippen LogP contribution >= 0.6 is 23.8 Å². The van der Waals surface area contributed by atoms with Crippen LogP contribution in [0.4, 0.5) is 0 Å². The fraction of sp³-hybridized carbons (Fsp3) is 0.263. The first-order chi connectivity index (χ1) is 13.0. The predicted octanol–water partition coefficient (Wildman–Crippen LogP) is 3.10. The lowest BCUT2D eigenvalue weighted by molar-refractivity contribution is 0.0943. The Morgan fingerprint density at radius 2 is 1.85 bits per heavy atom. The molecule has 2 aromatic rings. The van der Waals surface area contributed by atoms with Crippen molar-refractivity contribution in [1.82, 2.24) is 16.2 Å². The van der Waals surface area contributed by atoms with Gasteiger partial charge in [0.05, 0.1) is 13.7 Å². The van der Waals surface area contributed by atoms with E-state index in [4.69, 9.17) is 33.3 Å². The monoisotopic (exact) mass is 407 g/mol. The van der Waals surface area contributed by atoms with Crippen LogP contribution in [0.2, 0.25) is 5.02 Å². The minimum absolute atomic E-state index is 0.329. The summed E-state index contributed by atoms with van der Waals surface area (Å²) in [5.41, 5.74) is 6.79. The molecular weight excluding hydrogens is 386 g/mol. The van der Waals surface area contributed by atoms with Gasteiger partial charge in [0.2, 0.25) is 0 Å². The summed E-state index contributed by atoms with van der Waals surface area (Å²) in [4.78, 5) is 12.2. The Balaban J connectivity index is 1.78. The van der Waals surface area contributed by atoms with Crippen LogP contribution in [-0.4, -0.2) is 31.3 Å². The lowest BCUT2D eigenvalue weighted by atomic mass is 10.1. The maximum atomic E-state index is 12.2. The van der Waals surface area contributed by atoms with Crippen molar-refractivity contribution >= 4 is 34.8 Å². The second-order valence-corrected chi connectivity index (χ2v) is 6.35. The first-order valence-corrected chi connectivity index (χ1v) is 9.21. The maximum absolute atomic E-state index is 12.2. The fourth-order valence-corrected chi connectivity index (χ4v) is 2.56. The Bertz CT molecular complexity index is 784. The summed E-state index contributed by atoms with van der Waals surface area (Å²) < 4.78 is 10.7. The van der Waals surface area contributed by atoms with E-state index < -0.39 is 0 Å². The lowest BCUT2D eigenvalue weighted by Gasteiger charge is -2.13. The maximum Gasteiger partial charge on any atom is 0.269 e. The van der Waals surface area contributed by atoms with Gasteiger partial charge < -0.3 is 14.8 Å². The molecule has 8 heteroatoms. The topological polar surface area (TPSA) is 71.6 Å². The molecule has 0 saturated carbocycles. The third-order valence-corrected chi connectivity index (χ3v) is 4.13. The summed E-state index contributed by atoms with van der Waals surface area (Å²) in [7, 11) is 1.53. The molecule has 0 heterocycles. The molecule has 0 bridgehead atoms. The Morgan fingerprint density at radius 1 is 1.11 bits per heavy atom. The third-order valence-electron chi connectivity index (χ3n) is 3.63. The van der Waals surface area contributed by atoms with Crippen molar-refractivity contribution in [3.8, 4) is 11.5 Å². The minimum atomic E-state index is -0.335. The average Bonchev–Trinajstić information content (AvgIpc) is 2.68. The van der Waals surface area contributed by atoms with Gasteiger partial charge in [-0.1, -0.05) is 23.7 Å². The highest BCUT2D eigenvalue weighted by Gasteiger charge is 2.11. The van der Waals surface area contributed by atoms with Gasteiger partial charge in [0.25, 0.3) is 5.91 Å². The van der Waals surface area contributed by atoms with Gasteiger partial charge in [-0.2, -0.15) is 0 Å². The molecular formula is C19H22ClN3O3S. The van der Waals surface area contributed by atoms with Gasteiger partial charge in [-0.05, 0) is 61.5 Å². The number of rotatable bonds is 7. The second-order valence-electron chi connectivity index (χ2n) is 5.51. The first kappa shape index (κ1) is 20.8. The van der Waals surface area contributed by atoms with E-state index in [1.807, 2.05) is 31.2 Å². The molecule has 0 unspecified atom stereocenters. The van der Waals surface area contributed by atoms with Crippen LogP contribution in [0.3, 0.4) is 0 Å². The van der Waals surface area contributed by atoms with E-state index in [0.717, 1.165) is 12.0 Å². The molecule has 0 aromatic heterocycles. The molecule has 144 valence electrons. The van der Waals surface area contributed by atoms with Crippen LogP contribution in [0.15, 0.2) is 42.5 Å². The molecule has 0 aliphatic rings. The molecule has 2 rings (SSSR count). The third kappa shape index (κ3) is 6.62. The molecule has 27 heavy (non-hydrogen) atoms. The van der Waals surface area contributed by atoms with Crippen molar-refractivity contribution < 1.29 is 14.3 Å². The number of amides is 1. The molecule has 0 aliphatic carbocycles. The Labute approximate surface area is 169 Å². The molecule has 0 aliphatic heterocycles. The highest BCUT2D eigenvalue weighted by molar-refractivity contribution is 7.80. The van der Waals surface area contributed by atoms with Gasteiger partial charge in [-0.3, -0.25) is 15.6 Å². The molecule has 0 spiro atoms. The smallest absolute Gasteiger partial charge is 0.269 e. The standard InChI is InChI=1S/C19H22ClN3O3S/c1-3-26-16-9-6-14(12-17(16)25-2)18(24)22-23-19(27)21-11-10-13-4-7-15(20)8-5-13/h4-9,12H,3,10-11H2,1-2H3,(H,22,24)(H2,21,23,27). The normalized spacial score (nSPS) is 10.0. The van der Waals surface area contributed by atoms with E-state index in [0.29, 0.717) is 40.3 Å². The summed E-state index contributed by atoms with van der Waals surface area (Å²) in [6.07, 6.45) is 0.781. The number of hydrazine groups is 1. The van der Waals surface area contributed by atoms with Gasteiger partial charge in [-0.25, -0.2) is 0 Å². The van der Waals surface area contributed by atoms with E-state index in [9.17, 15) is 4.79 Å². The van der Waals surface area contributed by atoms with E-state index in [2.05, 4.69) is 16.2 Å². The number of hydrogen-bond donors (Lipinski definition) is 3. The van der Waals surface area contributed by atoms with Crippen LogP contribution in [0, 0.1) is 0 Å². The van der Waals surface area contributed by atoms with Crippen molar-refractivity contribution in [2.45, 2.75) is 13.3 Å². The highest BCUT2D eigenvalue weighted by Crippen LogP contribution is 2.27. The summed E-state index contributed by atoms with van der Waals surface area (Å²) >= 11 is 11.0. The van der Waals surface area contributed by atoms with Crippen LogP contribution < -0.4 is 25.6 Å². The Hall–Kier alpha value is -2.51. The lowest BCUT2D eigenvalue weighted by Crippen LogP contribution is -2.47. The minimum Gasteiger partial charge on any atom is -0.493 e. The molecule has 0 saturated heterocycles. The predicted molar refractivity (Wildman–Crippen MR) is 111 cm³/mol. The van der Waals surface area contributed by atoms with Gasteiger partial charge in [0.1, 0.15) is 0 Å².